The second-order valence-electron chi connectivity index (χ2n) is 4.36. The summed E-state index contributed by atoms with van der Waals surface area (Å²) in [4.78, 5) is 13.0. The first-order chi connectivity index (χ1) is 6.77. The Bertz CT molecular complexity index is 374. The van der Waals surface area contributed by atoms with Crippen LogP contribution in [0.4, 0.5) is 0 Å². The van der Waals surface area contributed by atoms with Crippen molar-refractivity contribution in [1.82, 2.24) is 5.32 Å². The number of carbonyl (C=O) groups is 1. The first-order valence-corrected chi connectivity index (χ1v) is 5.95. The van der Waals surface area contributed by atoms with Crippen LogP contribution in [0.1, 0.15) is 15.2 Å². The molecular weight excluding hydrogens is 194 g/mol. The lowest BCUT2D eigenvalue weighted by atomic mass is 10.1. The lowest BCUT2D eigenvalue weighted by Crippen LogP contribution is -2.18. The molecule has 14 heavy (non-hydrogen) atoms. The number of hydrogen-bond acceptors (Lipinski definition) is 3. The smallest absolute Gasteiger partial charge is 0.176 e. The molecule has 0 aromatic carbocycles. The van der Waals surface area contributed by atoms with Gasteiger partial charge in [-0.2, -0.15) is 0 Å². The molecule has 1 aromatic rings. The van der Waals surface area contributed by atoms with Crippen LogP contribution in [-0.4, -0.2) is 18.9 Å². The molecule has 74 valence electrons. The van der Waals surface area contributed by atoms with Gasteiger partial charge in [0, 0.05) is 5.92 Å². The lowest BCUT2D eigenvalue weighted by Gasteiger charge is -2.00. The molecule has 1 saturated carbocycles. The minimum atomic E-state index is 0.342. The average Bonchev–Trinajstić information content (AvgIpc) is 2.56. The third kappa shape index (κ3) is 1.16. The van der Waals surface area contributed by atoms with E-state index in [-0.39, 0.29) is 0 Å². The van der Waals surface area contributed by atoms with Gasteiger partial charge in [0.15, 0.2) is 5.78 Å². The molecule has 2 fully saturated rings. The fraction of sp³-hybridized carbons (Fsp3) is 0.545. The van der Waals surface area contributed by atoms with E-state index in [1.165, 1.54) is 5.56 Å². The molecule has 1 aliphatic carbocycles. The normalized spacial score (nSPS) is 34.2. The third-order valence-electron chi connectivity index (χ3n) is 3.37. The highest BCUT2D eigenvalue weighted by Gasteiger charge is 2.56. The summed E-state index contributed by atoms with van der Waals surface area (Å²) in [5, 5.41) is 5.37. The highest BCUT2D eigenvalue weighted by atomic mass is 32.1. The summed E-state index contributed by atoms with van der Waals surface area (Å²) < 4.78 is 0. The first-order valence-electron chi connectivity index (χ1n) is 5.07. The van der Waals surface area contributed by atoms with E-state index in [4.69, 9.17) is 0 Å². The number of hydrogen-bond donors (Lipinski definition) is 1. The summed E-state index contributed by atoms with van der Waals surface area (Å²) in [6.07, 6.45) is 0. The minimum Gasteiger partial charge on any atom is -0.316 e. The van der Waals surface area contributed by atoms with Crippen LogP contribution in [0.5, 0.6) is 0 Å². The zero-order valence-electron chi connectivity index (χ0n) is 8.12. The fourth-order valence-corrected chi connectivity index (χ4v) is 3.42. The molecule has 1 aromatic heterocycles. The van der Waals surface area contributed by atoms with Gasteiger partial charge >= 0.3 is 0 Å². The Labute approximate surface area is 87.3 Å². The zero-order chi connectivity index (χ0) is 9.71. The van der Waals surface area contributed by atoms with Crippen molar-refractivity contribution in [3.8, 4) is 0 Å². The van der Waals surface area contributed by atoms with Gasteiger partial charge in [-0.3, -0.25) is 4.79 Å². The Balaban J connectivity index is 1.78. The van der Waals surface area contributed by atoms with Crippen LogP contribution in [-0.2, 0) is 0 Å². The van der Waals surface area contributed by atoms with Crippen molar-refractivity contribution in [2.75, 3.05) is 13.1 Å². The molecule has 3 heteroatoms. The van der Waals surface area contributed by atoms with Gasteiger partial charge < -0.3 is 5.32 Å². The molecule has 0 radical (unpaired) electrons. The highest BCUT2D eigenvalue weighted by Crippen LogP contribution is 2.50. The van der Waals surface area contributed by atoms with Crippen LogP contribution in [0, 0.1) is 24.7 Å². The second kappa shape index (κ2) is 2.91. The molecular formula is C11H13NOS. The van der Waals surface area contributed by atoms with Crippen molar-refractivity contribution in [2.24, 2.45) is 17.8 Å². The molecule has 0 spiro atoms. The van der Waals surface area contributed by atoms with E-state index >= 15 is 0 Å². The molecule has 1 aliphatic heterocycles. The van der Waals surface area contributed by atoms with E-state index in [0.29, 0.717) is 23.5 Å². The Kier molecular flexibility index (Phi) is 1.79. The predicted octanol–water partition coefficient (Wildman–Crippen LogP) is 1.70. The monoisotopic (exact) mass is 207 g/mol. The summed E-state index contributed by atoms with van der Waals surface area (Å²) in [5.74, 6) is 2.02. The topological polar surface area (TPSA) is 29.1 Å². The van der Waals surface area contributed by atoms with E-state index in [2.05, 4.69) is 10.7 Å². The van der Waals surface area contributed by atoms with E-state index < -0.39 is 0 Å². The molecule has 1 saturated heterocycles. The Morgan fingerprint density at radius 3 is 2.79 bits per heavy atom. The van der Waals surface area contributed by atoms with Crippen molar-refractivity contribution in [3.05, 3.63) is 21.9 Å². The van der Waals surface area contributed by atoms with Crippen LogP contribution in [0.3, 0.4) is 0 Å². The number of thiophene rings is 1. The molecule has 2 heterocycles. The SMILES string of the molecule is Cc1csc(C(=O)C2[C@H]3CNC[C@@H]23)c1. The number of carbonyl (C=O) groups excluding carboxylic acids is 1. The van der Waals surface area contributed by atoms with Crippen LogP contribution in [0.25, 0.3) is 0 Å². The van der Waals surface area contributed by atoms with Crippen molar-refractivity contribution in [1.29, 1.82) is 0 Å². The van der Waals surface area contributed by atoms with Gasteiger partial charge in [0.25, 0.3) is 0 Å². The molecule has 1 N–H and O–H groups in total. The zero-order valence-corrected chi connectivity index (χ0v) is 8.93. The Morgan fingerprint density at radius 1 is 1.50 bits per heavy atom. The number of piperidine rings is 1. The van der Waals surface area contributed by atoms with E-state index in [9.17, 15) is 4.79 Å². The third-order valence-corrected chi connectivity index (χ3v) is 4.43. The Morgan fingerprint density at radius 2 is 2.21 bits per heavy atom. The molecule has 0 amide bonds. The average molecular weight is 207 g/mol. The van der Waals surface area contributed by atoms with E-state index in [1.54, 1.807) is 11.3 Å². The maximum absolute atomic E-state index is 12.0. The molecule has 0 bridgehead atoms. The van der Waals surface area contributed by atoms with Crippen molar-refractivity contribution >= 4 is 17.1 Å². The van der Waals surface area contributed by atoms with Gasteiger partial charge in [-0.15, -0.1) is 11.3 Å². The van der Waals surface area contributed by atoms with Gasteiger partial charge in [-0.05, 0) is 48.9 Å². The van der Waals surface area contributed by atoms with Crippen molar-refractivity contribution in [2.45, 2.75) is 6.92 Å². The summed E-state index contributed by atoms with van der Waals surface area (Å²) in [6.45, 7) is 4.14. The molecule has 1 unspecified atom stereocenters. The van der Waals surface area contributed by atoms with Gasteiger partial charge in [0.2, 0.25) is 0 Å². The summed E-state index contributed by atoms with van der Waals surface area (Å²) in [5.41, 5.74) is 1.21. The van der Waals surface area contributed by atoms with Gasteiger partial charge in [0.1, 0.15) is 0 Å². The van der Waals surface area contributed by atoms with E-state index in [1.807, 2.05) is 13.0 Å². The molecule has 2 aliphatic rings. The summed E-state index contributed by atoms with van der Waals surface area (Å²) >= 11 is 1.59. The van der Waals surface area contributed by atoms with Gasteiger partial charge in [0.05, 0.1) is 4.88 Å². The van der Waals surface area contributed by atoms with Crippen LogP contribution < -0.4 is 5.32 Å². The second-order valence-corrected chi connectivity index (χ2v) is 5.28. The molecule has 2 nitrogen and oxygen atoms in total. The molecule has 3 rings (SSSR count). The highest BCUT2D eigenvalue weighted by molar-refractivity contribution is 7.12. The number of nitrogens with one attached hydrogen (secondary N) is 1. The predicted molar refractivity (Wildman–Crippen MR) is 56.7 cm³/mol. The van der Waals surface area contributed by atoms with Crippen LogP contribution in [0.2, 0.25) is 0 Å². The summed E-state index contributed by atoms with van der Waals surface area (Å²) in [7, 11) is 0. The maximum atomic E-state index is 12.0. The van der Waals surface area contributed by atoms with Crippen molar-refractivity contribution in [3.63, 3.8) is 0 Å². The largest absolute Gasteiger partial charge is 0.316 e. The fourth-order valence-electron chi connectivity index (χ4n) is 2.53. The summed E-state index contributed by atoms with van der Waals surface area (Å²) in [6, 6.07) is 2.02. The quantitative estimate of drug-likeness (QED) is 0.748. The van der Waals surface area contributed by atoms with Gasteiger partial charge in [-0.1, -0.05) is 0 Å². The lowest BCUT2D eigenvalue weighted by molar-refractivity contribution is 0.0957. The maximum Gasteiger partial charge on any atom is 0.176 e. The van der Waals surface area contributed by atoms with Crippen LogP contribution in [0.15, 0.2) is 11.4 Å². The van der Waals surface area contributed by atoms with Gasteiger partial charge in [-0.25, -0.2) is 0 Å². The number of aryl methyl sites for hydroxylation is 1. The van der Waals surface area contributed by atoms with Crippen molar-refractivity contribution < 1.29 is 4.79 Å². The number of fused-ring (bicyclic) bond motifs is 1. The first kappa shape index (κ1) is 8.62. The number of Topliss-reactive ketones (excluding diaryl/α,β-unsaturated/α-hetero) is 1. The number of ketones is 1. The van der Waals surface area contributed by atoms with E-state index in [0.717, 1.165) is 18.0 Å². The Hall–Kier alpha value is -0.670. The molecule has 3 atom stereocenters. The standard InChI is InChI=1S/C11H13NOS/c1-6-2-9(14-5-6)11(13)10-7-3-12-4-8(7)10/h2,5,7-8,10,12H,3-4H2,1H3/t7-,8+,10?. The number of rotatable bonds is 2. The minimum absolute atomic E-state index is 0.342. The van der Waals surface area contributed by atoms with Crippen LogP contribution >= 0.6 is 11.3 Å².